The second-order valence-corrected chi connectivity index (χ2v) is 11.5. The quantitative estimate of drug-likeness (QED) is 0.0765. The van der Waals surface area contributed by atoms with Crippen LogP contribution in [0.2, 0.25) is 0 Å². The normalized spacial score (nSPS) is 21.4. The molecule has 1 aliphatic carbocycles. The Hall–Kier alpha value is -1.83. The van der Waals surface area contributed by atoms with Crippen molar-refractivity contribution < 1.29 is 14.4 Å². The average Bonchev–Trinajstić information content (AvgIpc) is 3.40. The summed E-state index contributed by atoms with van der Waals surface area (Å²) in [5.74, 6) is -0.620. The molecule has 1 heterocycles. The van der Waals surface area contributed by atoms with Crippen LogP contribution in [0.15, 0.2) is 35.4 Å². The molecule has 1 saturated heterocycles. The average molecular weight is 643 g/mol. The smallest absolute Gasteiger partial charge is 0.247 e. The van der Waals surface area contributed by atoms with Gasteiger partial charge in [-0.1, -0.05) is 49.6 Å². The van der Waals surface area contributed by atoms with Gasteiger partial charge < -0.3 is 31.9 Å². The Balaban J connectivity index is 1.80. The van der Waals surface area contributed by atoms with E-state index in [2.05, 4.69) is 33.9 Å². The predicted molar refractivity (Wildman–Crippen MR) is 157 cm³/mol. The van der Waals surface area contributed by atoms with Gasteiger partial charge in [-0.15, -0.1) is 12.6 Å². The molecule has 0 bridgehead atoms. The molecule has 0 spiro atoms. The standard InChI is InChI=1S/C26H39IN6O3S/c1-16(29-2)22(34)30-21(18-12-7-4-8-13-18)25(36)33-15-9-14-19(33)23(35)32-24(37)20(31-26(27)28)17-10-5-3-6-11-17/h3,5-6,10-11,16,18-19,21,26,29,31,37H,4,7-9,12-15,28H2,1-2H3,(H,30,34)(H,32,35)/b24-20-/t16-,19?,21-,26?/m0/s1. The molecule has 0 aromatic heterocycles. The van der Waals surface area contributed by atoms with Gasteiger partial charge in [-0.2, -0.15) is 0 Å². The second kappa shape index (κ2) is 14.4. The number of carbonyl (C=O) groups is 3. The van der Waals surface area contributed by atoms with Crippen LogP contribution in [0.3, 0.4) is 0 Å². The third-order valence-electron chi connectivity index (χ3n) is 7.17. The fraction of sp³-hybridized carbons (Fsp3) is 0.577. The minimum absolute atomic E-state index is 0.0675. The molecule has 3 amide bonds. The Kier molecular flexibility index (Phi) is 11.5. The van der Waals surface area contributed by atoms with Gasteiger partial charge in [0.25, 0.3) is 0 Å². The number of thiol groups is 1. The maximum atomic E-state index is 13.8. The predicted octanol–water partition coefficient (Wildman–Crippen LogP) is 2.29. The highest BCUT2D eigenvalue weighted by atomic mass is 127. The maximum absolute atomic E-state index is 13.8. The van der Waals surface area contributed by atoms with Gasteiger partial charge in [0, 0.05) is 12.1 Å². The van der Waals surface area contributed by atoms with Crippen molar-refractivity contribution in [2.24, 2.45) is 11.7 Å². The van der Waals surface area contributed by atoms with Crippen LogP contribution < -0.4 is 27.0 Å². The zero-order valence-corrected chi connectivity index (χ0v) is 24.6. The van der Waals surface area contributed by atoms with Crippen LogP contribution in [0.1, 0.15) is 57.4 Å². The lowest BCUT2D eigenvalue weighted by Crippen LogP contribution is -2.58. The van der Waals surface area contributed by atoms with Crippen molar-refractivity contribution >= 4 is 58.6 Å². The third kappa shape index (κ3) is 8.08. The van der Waals surface area contributed by atoms with Gasteiger partial charge in [0.15, 0.2) is 0 Å². The first kappa shape index (κ1) is 29.7. The zero-order valence-electron chi connectivity index (χ0n) is 21.5. The van der Waals surface area contributed by atoms with Crippen molar-refractivity contribution in [2.75, 3.05) is 13.6 Å². The van der Waals surface area contributed by atoms with Crippen LogP contribution in [0.4, 0.5) is 0 Å². The Bertz CT molecular complexity index is 970. The van der Waals surface area contributed by atoms with E-state index < -0.39 is 22.3 Å². The topological polar surface area (TPSA) is 129 Å². The van der Waals surface area contributed by atoms with Crippen LogP contribution in [0.25, 0.3) is 5.70 Å². The molecule has 3 rings (SSSR count). The van der Waals surface area contributed by atoms with E-state index in [-0.39, 0.29) is 23.6 Å². The second-order valence-electron chi connectivity index (χ2n) is 9.71. The van der Waals surface area contributed by atoms with Crippen LogP contribution >= 0.6 is 35.2 Å². The Labute approximate surface area is 238 Å². The molecule has 4 atom stereocenters. The maximum Gasteiger partial charge on any atom is 0.247 e. The van der Waals surface area contributed by atoms with Gasteiger partial charge in [0.2, 0.25) is 17.7 Å². The Morgan fingerprint density at radius 1 is 1.05 bits per heavy atom. The number of likely N-dealkylation sites (tertiary alicyclic amines) is 1. The van der Waals surface area contributed by atoms with E-state index in [0.717, 1.165) is 44.1 Å². The van der Waals surface area contributed by atoms with Crippen molar-refractivity contribution in [1.82, 2.24) is 26.2 Å². The number of likely N-dealkylation sites (N-methyl/N-ethyl adjacent to an activating group) is 1. The van der Waals surface area contributed by atoms with Crippen molar-refractivity contribution in [2.45, 2.75) is 74.2 Å². The molecule has 1 saturated carbocycles. The first-order chi connectivity index (χ1) is 17.7. The molecule has 2 fully saturated rings. The number of hydrogen-bond donors (Lipinski definition) is 6. The van der Waals surface area contributed by atoms with Gasteiger partial charge in [-0.25, -0.2) is 0 Å². The summed E-state index contributed by atoms with van der Waals surface area (Å²) < 4.78 is -0.392. The van der Waals surface area contributed by atoms with Crippen LogP contribution in [-0.4, -0.2) is 58.5 Å². The van der Waals surface area contributed by atoms with Gasteiger partial charge in [0.1, 0.15) is 16.3 Å². The van der Waals surface area contributed by atoms with Crippen molar-refractivity contribution in [3.8, 4) is 0 Å². The highest BCUT2D eigenvalue weighted by Crippen LogP contribution is 2.30. The van der Waals surface area contributed by atoms with Crippen molar-refractivity contribution in [1.29, 1.82) is 0 Å². The lowest BCUT2D eigenvalue weighted by molar-refractivity contribution is -0.143. The largest absolute Gasteiger partial charge is 0.359 e. The fourth-order valence-corrected chi connectivity index (χ4v) is 5.65. The number of nitrogens with zero attached hydrogens (tertiary/aromatic N) is 1. The summed E-state index contributed by atoms with van der Waals surface area (Å²) in [6.07, 6.45) is 6.27. The van der Waals surface area contributed by atoms with E-state index in [4.69, 9.17) is 5.73 Å². The van der Waals surface area contributed by atoms with Crippen molar-refractivity contribution in [3.05, 3.63) is 40.9 Å². The first-order valence-corrected chi connectivity index (χ1v) is 14.7. The van der Waals surface area contributed by atoms with E-state index >= 15 is 0 Å². The SMILES string of the molecule is CN[C@@H](C)C(=O)N[C@H](C(=O)N1CCCC1C(=O)N/C(S)=C(/NC(N)I)c1ccccc1)C1CCCCC1. The molecule has 9 nitrogen and oxygen atoms in total. The minimum Gasteiger partial charge on any atom is -0.359 e. The highest BCUT2D eigenvalue weighted by molar-refractivity contribution is 14.1. The van der Waals surface area contributed by atoms with Crippen LogP contribution in [-0.2, 0) is 14.4 Å². The summed E-state index contributed by atoms with van der Waals surface area (Å²) in [5, 5.41) is 12.3. The molecule has 204 valence electrons. The van der Waals surface area contributed by atoms with E-state index in [1.54, 1.807) is 18.9 Å². The lowest BCUT2D eigenvalue weighted by atomic mass is 9.83. The van der Waals surface area contributed by atoms with Gasteiger partial charge in [0.05, 0.1) is 16.8 Å². The minimum atomic E-state index is -0.637. The van der Waals surface area contributed by atoms with Crippen LogP contribution in [0.5, 0.6) is 0 Å². The Morgan fingerprint density at radius 3 is 2.35 bits per heavy atom. The molecule has 6 N–H and O–H groups in total. The number of nitrogens with one attached hydrogen (secondary N) is 4. The molecular formula is C26H39IN6O3S. The molecule has 1 aromatic rings. The summed E-state index contributed by atoms with van der Waals surface area (Å²) in [6.45, 7) is 2.25. The number of carbonyl (C=O) groups excluding carboxylic acids is 3. The summed E-state index contributed by atoms with van der Waals surface area (Å²) in [7, 11) is 1.72. The lowest BCUT2D eigenvalue weighted by Gasteiger charge is -2.35. The number of amides is 3. The molecule has 1 aromatic carbocycles. The van der Waals surface area contributed by atoms with Gasteiger partial charge in [-0.05, 0) is 68.2 Å². The van der Waals surface area contributed by atoms with E-state index in [9.17, 15) is 14.4 Å². The van der Waals surface area contributed by atoms with Gasteiger partial charge in [-0.3, -0.25) is 14.4 Å². The fourth-order valence-electron chi connectivity index (χ4n) is 5.03. The number of halogens is 1. The first-order valence-electron chi connectivity index (χ1n) is 13.0. The van der Waals surface area contributed by atoms with Crippen molar-refractivity contribution in [3.63, 3.8) is 0 Å². The highest BCUT2D eigenvalue weighted by Gasteiger charge is 2.41. The monoisotopic (exact) mass is 642 g/mol. The molecular weight excluding hydrogens is 603 g/mol. The molecule has 2 aliphatic rings. The van der Waals surface area contributed by atoms with E-state index in [0.29, 0.717) is 23.7 Å². The van der Waals surface area contributed by atoms with Crippen LogP contribution in [0, 0.1) is 5.92 Å². The molecule has 1 aliphatic heterocycles. The summed E-state index contributed by atoms with van der Waals surface area (Å²) in [5.41, 5.74) is 7.39. The third-order valence-corrected chi connectivity index (χ3v) is 7.82. The van der Waals surface area contributed by atoms with E-state index in [1.165, 1.54) is 0 Å². The number of rotatable bonds is 10. The summed E-state index contributed by atoms with van der Waals surface area (Å²) in [4.78, 5) is 41.7. The van der Waals surface area contributed by atoms with E-state index in [1.807, 2.05) is 52.9 Å². The summed E-state index contributed by atoms with van der Waals surface area (Å²) >= 11 is 6.63. The number of benzene rings is 1. The number of nitrogens with two attached hydrogens (primary N) is 1. The zero-order chi connectivity index (χ0) is 26.9. The molecule has 2 unspecified atom stereocenters. The molecule has 37 heavy (non-hydrogen) atoms. The molecule has 0 radical (unpaired) electrons. The number of hydrogen-bond acceptors (Lipinski definition) is 7. The molecule has 11 heteroatoms. The number of alkyl halides is 1. The summed E-state index contributed by atoms with van der Waals surface area (Å²) in [6, 6.07) is 7.81. The Morgan fingerprint density at radius 2 is 1.73 bits per heavy atom. The van der Waals surface area contributed by atoms with Gasteiger partial charge >= 0.3 is 0 Å².